The molecule has 26 heavy (non-hydrogen) atoms. The number of nitrogens with one attached hydrogen (secondary N) is 2. The summed E-state index contributed by atoms with van der Waals surface area (Å²) in [4.78, 5) is 23.8. The van der Waals surface area contributed by atoms with Gasteiger partial charge in [-0.25, -0.2) is 0 Å². The number of aliphatic carboxylic acids is 1. The molecule has 152 valence electrons. The first-order valence-corrected chi connectivity index (χ1v) is 8.72. The zero-order chi connectivity index (χ0) is 17.7. The Morgan fingerprint density at radius 3 is 2.46 bits per heavy atom. The van der Waals surface area contributed by atoms with E-state index >= 15 is 0 Å². The van der Waals surface area contributed by atoms with Gasteiger partial charge in [0, 0.05) is 12.5 Å². The Morgan fingerprint density at radius 2 is 1.92 bits per heavy atom. The number of carboxylic acids is 1. The smallest absolute Gasteiger partial charge is 0.451 e. The topological polar surface area (TPSA) is 145 Å². The third-order valence-electron chi connectivity index (χ3n) is 5.41. The molecule has 1 aliphatic heterocycles. The summed E-state index contributed by atoms with van der Waals surface area (Å²) >= 11 is 0. The minimum atomic E-state index is -1.39. The van der Waals surface area contributed by atoms with E-state index in [9.17, 15) is 14.7 Å². The number of carboxylic acid groups (broad SMARTS) is 1. The average Bonchev–Trinajstić information content (AvgIpc) is 3.06. The van der Waals surface area contributed by atoms with Crippen LogP contribution in [0.4, 0.5) is 0 Å². The molecule has 1 aliphatic carbocycles. The summed E-state index contributed by atoms with van der Waals surface area (Å²) in [5, 5.41) is 33.5. The lowest BCUT2D eigenvalue weighted by Crippen LogP contribution is -2.60. The van der Waals surface area contributed by atoms with Gasteiger partial charge in [-0.2, -0.15) is 0 Å². The zero-order valence-corrected chi connectivity index (χ0v) is 16.4. The summed E-state index contributed by atoms with van der Waals surface area (Å²) in [6, 6.07) is -0.190. The van der Waals surface area contributed by atoms with Crippen LogP contribution < -0.4 is 16.4 Å². The second-order valence-corrected chi connectivity index (χ2v) is 7.14. The predicted octanol–water partition coefficient (Wildman–Crippen LogP) is -0.240. The highest BCUT2D eigenvalue weighted by Gasteiger charge is 2.47. The highest BCUT2D eigenvalue weighted by atomic mass is 35.5. The molecule has 0 unspecified atom stereocenters. The predicted molar refractivity (Wildman–Crippen MR) is 104 cm³/mol. The molecule has 4 atom stereocenters. The van der Waals surface area contributed by atoms with Crippen LogP contribution in [0.5, 0.6) is 0 Å². The van der Waals surface area contributed by atoms with Crippen LogP contribution >= 0.6 is 24.8 Å². The fourth-order valence-corrected chi connectivity index (χ4v) is 3.87. The maximum Gasteiger partial charge on any atom is 0.451 e. The fourth-order valence-electron chi connectivity index (χ4n) is 3.87. The van der Waals surface area contributed by atoms with Crippen LogP contribution in [0, 0.1) is 11.8 Å². The lowest BCUT2D eigenvalue weighted by Gasteiger charge is -2.41. The molecule has 2 aliphatic rings. The third-order valence-corrected chi connectivity index (χ3v) is 5.41. The zero-order valence-electron chi connectivity index (χ0n) is 14.7. The summed E-state index contributed by atoms with van der Waals surface area (Å²) in [5.41, 5.74) is 4.80. The Bertz CT molecular complexity index is 469. The number of carbonyl (C=O) groups is 2. The molecule has 0 bridgehead atoms. The Morgan fingerprint density at radius 1 is 1.23 bits per heavy atom. The third kappa shape index (κ3) is 6.54. The number of nitrogens with two attached hydrogens (primary N) is 1. The standard InChI is InChI=1S/C15H28BN3O5.2ClH/c17-15(14(21)22)8-10(5-6-16(23)24)3-4-11(15)9-19-13(20)12-2-1-7-18-12;;/h10-12,18,23-24H,1-9,17H2,(H,19,20)(H,21,22);2*1H/t10-,11-,12-,15+;;/m0../s1. The van der Waals surface area contributed by atoms with Gasteiger partial charge < -0.3 is 31.5 Å². The van der Waals surface area contributed by atoms with Gasteiger partial charge in [0.2, 0.25) is 5.91 Å². The molecular weight excluding hydrogens is 384 g/mol. The summed E-state index contributed by atoms with van der Waals surface area (Å²) in [6.45, 7) is 1.09. The molecule has 1 amide bonds. The van der Waals surface area contributed by atoms with Crippen LogP contribution in [0.2, 0.25) is 6.32 Å². The molecule has 1 heterocycles. The van der Waals surface area contributed by atoms with E-state index in [0.717, 1.165) is 25.8 Å². The van der Waals surface area contributed by atoms with Crippen LogP contribution in [-0.4, -0.2) is 58.8 Å². The largest absolute Gasteiger partial charge is 0.480 e. The van der Waals surface area contributed by atoms with Gasteiger partial charge in [-0.15, -0.1) is 24.8 Å². The van der Waals surface area contributed by atoms with Crippen LogP contribution in [0.15, 0.2) is 0 Å². The number of halogens is 2. The second-order valence-electron chi connectivity index (χ2n) is 7.14. The van der Waals surface area contributed by atoms with Gasteiger partial charge in [-0.05, 0) is 50.9 Å². The Kier molecular flexibility index (Phi) is 11.1. The number of hydrogen-bond acceptors (Lipinski definition) is 6. The number of rotatable bonds is 7. The molecule has 1 saturated heterocycles. The number of amides is 1. The van der Waals surface area contributed by atoms with Gasteiger partial charge in [0.05, 0.1) is 6.04 Å². The van der Waals surface area contributed by atoms with Crippen LogP contribution in [0.1, 0.15) is 38.5 Å². The highest BCUT2D eigenvalue weighted by Crippen LogP contribution is 2.38. The van der Waals surface area contributed by atoms with Gasteiger partial charge >= 0.3 is 13.1 Å². The SMILES string of the molecule is Cl.Cl.N[C@]1(C(=O)O)C[C@H](CCB(O)O)CC[C@H]1CNC(=O)[C@@H]1CCCN1. The Balaban J connectivity index is 0.00000312. The number of carbonyl (C=O) groups excluding carboxylic acids is 1. The molecule has 2 rings (SSSR count). The van der Waals surface area contributed by atoms with Crippen molar-refractivity contribution in [3.8, 4) is 0 Å². The molecule has 0 aromatic heterocycles. The van der Waals surface area contributed by atoms with E-state index in [4.69, 9.17) is 15.8 Å². The molecule has 0 aromatic rings. The molecule has 0 spiro atoms. The van der Waals surface area contributed by atoms with Crippen molar-refractivity contribution in [1.29, 1.82) is 0 Å². The highest BCUT2D eigenvalue weighted by molar-refractivity contribution is 6.40. The monoisotopic (exact) mass is 413 g/mol. The first-order valence-electron chi connectivity index (χ1n) is 8.72. The molecule has 0 radical (unpaired) electrons. The normalized spacial score (nSPS) is 30.7. The average molecular weight is 414 g/mol. The van der Waals surface area contributed by atoms with Crippen molar-refractivity contribution in [1.82, 2.24) is 10.6 Å². The van der Waals surface area contributed by atoms with Crippen LogP contribution in [0.25, 0.3) is 0 Å². The van der Waals surface area contributed by atoms with E-state index in [0.29, 0.717) is 12.8 Å². The summed E-state index contributed by atoms with van der Waals surface area (Å²) < 4.78 is 0. The van der Waals surface area contributed by atoms with Crippen molar-refractivity contribution in [2.24, 2.45) is 17.6 Å². The van der Waals surface area contributed by atoms with Crippen LogP contribution in [-0.2, 0) is 9.59 Å². The van der Waals surface area contributed by atoms with Crippen molar-refractivity contribution in [3.05, 3.63) is 0 Å². The Labute approximate surface area is 166 Å². The minimum Gasteiger partial charge on any atom is -0.480 e. The van der Waals surface area contributed by atoms with Crippen molar-refractivity contribution >= 4 is 43.8 Å². The maximum atomic E-state index is 12.1. The van der Waals surface area contributed by atoms with Crippen molar-refractivity contribution < 1.29 is 24.7 Å². The second kappa shape index (κ2) is 11.3. The van der Waals surface area contributed by atoms with Crippen molar-refractivity contribution in [2.45, 2.75) is 56.4 Å². The quantitative estimate of drug-likeness (QED) is 0.316. The van der Waals surface area contributed by atoms with E-state index in [-0.39, 0.29) is 67.9 Å². The van der Waals surface area contributed by atoms with Crippen molar-refractivity contribution in [3.63, 3.8) is 0 Å². The van der Waals surface area contributed by atoms with E-state index in [1.54, 1.807) is 0 Å². The first-order chi connectivity index (χ1) is 11.3. The molecule has 11 heteroatoms. The van der Waals surface area contributed by atoms with Gasteiger partial charge in [0.15, 0.2) is 0 Å². The van der Waals surface area contributed by atoms with Gasteiger partial charge in [0.25, 0.3) is 0 Å². The fraction of sp³-hybridized carbons (Fsp3) is 0.867. The molecule has 0 aromatic carbocycles. The Hall–Kier alpha value is -0.575. The lowest BCUT2D eigenvalue weighted by atomic mass is 9.66. The van der Waals surface area contributed by atoms with E-state index < -0.39 is 18.6 Å². The number of hydrogen-bond donors (Lipinski definition) is 6. The van der Waals surface area contributed by atoms with Crippen molar-refractivity contribution in [2.75, 3.05) is 13.1 Å². The summed E-state index contributed by atoms with van der Waals surface area (Å²) in [5.74, 6) is -1.42. The molecular formula is C15H30BCl2N3O5. The van der Waals surface area contributed by atoms with E-state index in [2.05, 4.69) is 10.6 Å². The lowest BCUT2D eigenvalue weighted by molar-refractivity contribution is -0.148. The van der Waals surface area contributed by atoms with Gasteiger partial charge in [-0.1, -0.05) is 6.42 Å². The minimum absolute atomic E-state index is 0. The van der Waals surface area contributed by atoms with Crippen LogP contribution in [0.3, 0.4) is 0 Å². The van der Waals surface area contributed by atoms with E-state index in [1.807, 2.05) is 0 Å². The first kappa shape index (κ1) is 25.4. The molecule has 2 fully saturated rings. The molecule has 1 saturated carbocycles. The molecule has 7 N–H and O–H groups in total. The van der Waals surface area contributed by atoms with Gasteiger partial charge in [0.1, 0.15) is 5.54 Å². The molecule has 8 nitrogen and oxygen atoms in total. The summed E-state index contributed by atoms with van der Waals surface area (Å²) in [6.07, 6.45) is 4.19. The summed E-state index contributed by atoms with van der Waals surface area (Å²) in [7, 11) is -1.38. The van der Waals surface area contributed by atoms with Gasteiger partial charge in [-0.3, -0.25) is 9.59 Å². The maximum absolute atomic E-state index is 12.1. The van der Waals surface area contributed by atoms with E-state index in [1.165, 1.54) is 0 Å².